The van der Waals surface area contributed by atoms with Crippen LogP contribution in [0.15, 0.2) is 54.6 Å². The maximum absolute atomic E-state index is 12.9. The van der Waals surface area contributed by atoms with Crippen LogP contribution in [-0.2, 0) is 19.4 Å². The largest absolute Gasteiger partial charge is 0.484 e. The van der Waals surface area contributed by atoms with E-state index in [1.807, 2.05) is 6.07 Å². The lowest BCUT2D eigenvalue weighted by atomic mass is 10.2. The predicted octanol–water partition coefficient (Wildman–Crippen LogP) is 2.24. The molecule has 8 heteroatoms. The Morgan fingerprint density at radius 1 is 1.11 bits per heavy atom. The van der Waals surface area contributed by atoms with Gasteiger partial charge in [-0.2, -0.15) is 0 Å². The highest BCUT2D eigenvalue weighted by Crippen LogP contribution is 2.25. The number of nitrogens with zero attached hydrogens (tertiary/aromatic N) is 1. The maximum Gasteiger partial charge on any atom is 0.265 e. The molecule has 2 aromatic rings. The minimum absolute atomic E-state index is 0.0426. The molecule has 1 atom stereocenters. The molecule has 2 amide bonds. The summed E-state index contributed by atoms with van der Waals surface area (Å²) in [6.07, 6.45) is 0.411. The average Bonchev–Trinajstić information content (AvgIpc) is 3.01. The van der Waals surface area contributed by atoms with E-state index in [2.05, 4.69) is 5.32 Å². The molecule has 3 rings (SSSR count). The van der Waals surface area contributed by atoms with Gasteiger partial charge in [-0.3, -0.25) is 9.59 Å². The molecule has 28 heavy (non-hydrogen) atoms. The van der Waals surface area contributed by atoms with E-state index in [1.54, 1.807) is 48.5 Å². The molecule has 0 aromatic heterocycles. The second kappa shape index (κ2) is 8.43. The fraction of sp³-hybridized carbons (Fsp3) is 0.300. The monoisotopic (exact) mass is 402 g/mol. The van der Waals surface area contributed by atoms with Crippen molar-refractivity contribution in [3.63, 3.8) is 0 Å². The van der Waals surface area contributed by atoms with Crippen LogP contribution in [0.4, 0.5) is 11.4 Å². The third-order valence-corrected chi connectivity index (χ3v) is 6.16. The van der Waals surface area contributed by atoms with E-state index in [1.165, 1.54) is 11.8 Å². The van der Waals surface area contributed by atoms with Gasteiger partial charge in [-0.1, -0.05) is 18.2 Å². The van der Waals surface area contributed by atoms with Gasteiger partial charge in [0.1, 0.15) is 5.75 Å². The number of hydrogen-bond donors (Lipinski definition) is 1. The van der Waals surface area contributed by atoms with Gasteiger partial charge in [-0.15, -0.1) is 0 Å². The number of benzene rings is 2. The standard InChI is InChI=1S/C20H22N2O5S/c1-15(23)21-16-7-9-19(10-8-16)27-13-20(24)22(17-5-3-2-4-6-17)18-11-12-28(25,26)14-18/h2-10,18H,11-14H2,1H3,(H,21,23). The van der Waals surface area contributed by atoms with Crippen molar-refractivity contribution in [1.82, 2.24) is 0 Å². The number of carbonyl (C=O) groups excluding carboxylic acids is 2. The number of hydrogen-bond acceptors (Lipinski definition) is 5. The zero-order valence-electron chi connectivity index (χ0n) is 15.5. The van der Waals surface area contributed by atoms with Crippen molar-refractivity contribution in [2.45, 2.75) is 19.4 Å². The van der Waals surface area contributed by atoms with Gasteiger partial charge in [0.05, 0.1) is 17.5 Å². The van der Waals surface area contributed by atoms with Crippen LogP contribution in [-0.4, -0.2) is 44.4 Å². The minimum atomic E-state index is -3.13. The molecule has 1 aliphatic heterocycles. The van der Waals surface area contributed by atoms with E-state index in [-0.39, 0.29) is 29.9 Å². The Kier molecular flexibility index (Phi) is 5.99. The summed E-state index contributed by atoms with van der Waals surface area (Å²) in [5.41, 5.74) is 1.28. The Hall–Kier alpha value is -2.87. The van der Waals surface area contributed by atoms with Gasteiger partial charge < -0.3 is 15.0 Å². The van der Waals surface area contributed by atoms with E-state index >= 15 is 0 Å². The first-order valence-corrected chi connectivity index (χ1v) is 10.7. The lowest BCUT2D eigenvalue weighted by Crippen LogP contribution is -2.43. The summed E-state index contributed by atoms with van der Waals surface area (Å²) in [5.74, 6) is 0.0429. The Balaban J connectivity index is 1.70. The predicted molar refractivity (Wildman–Crippen MR) is 107 cm³/mol. The fourth-order valence-electron chi connectivity index (χ4n) is 3.18. The molecule has 0 spiro atoms. The third kappa shape index (κ3) is 5.10. The molecular weight excluding hydrogens is 380 g/mol. The summed E-state index contributed by atoms with van der Waals surface area (Å²) in [6.45, 7) is 1.20. The zero-order valence-corrected chi connectivity index (χ0v) is 16.3. The minimum Gasteiger partial charge on any atom is -0.484 e. The normalized spacial score (nSPS) is 17.7. The van der Waals surface area contributed by atoms with Crippen LogP contribution in [0.1, 0.15) is 13.3 Å². The molecule has 148 valence electrons. The second-order valence-electron chi connectivity index (χ2n) is 6.65. The Bertz CT molecular complexity index is 942. The fourth-order valence-corrected chi connectivity index (χ4v) is 4.88. The Morgan fingerprint density at radius 3 is 2.36 bits per heavy atom. The molecule has 1 heterocycles. The lowest BCUT2D eigenvalue weighted by Gasteiger charge is -2.28. The lowest BCUT2D eigenvalue weighted by molar-refractivity contribution is -0.121. The molecule has 2 aromatic carbocycles. The van der Waals surface area contributed by atoms with Gasteiger partial charge in [0.15, 0.2) is 16.4 Å². The van der Waals surface area contributed by atoms with Crippen LogP contribution in [0.25, 0.3) is 0 Å². The molecular formula is C20H22N2O5S. The van der Waals surface area contributed by atoms with Crippen molar-refractivity contribution in [1.29, 1.82) is 0 Å². The molecule has 7 nitrogen and oxygen atoms in total. The van der Waals surface area contributed by atoms with Gasteiger partial charge >= 0.3 is 0 Å². The first kappa shape index (κ1) is 19.9. The molecule has 0 saturated carbocycles. The first-order chi connectivity index (χ1) is 13.3. The molecule has 1 unspecified atom stereocenters. The van der Waals surface area contributed by atoms with Gasteiger partial charge in [-0.25, -0.2) is 8.42 Å². The first-order valence-electron chi connectivity index (χ1n) is 8.92. The molecule has 0 aliphatic carbocycles. The van der Waals surface area contributed by atoms with Gasteiger partial charge in [0.2, 0.25) is 5.91 Å². The number of anilines is 2. The highest BCUT2D eigenvalue weighted by molar-refractivity contribution is 7.91. The maximum atomic E-state index is 12.9. The number of para-hydroxylation sites is 1. The van der Waals surface area contributed by atoms with E-state index in [0.29, 0.717) is 23.5 Å². The van der Waals surface area contributed by atoms with Crippen molar-refractivity contribution >= 4 is 33.0 Å². The van der Waals surface area contributed by atoms with Crippen molar-refractivity contribution in [2.75, 3.05) is 28.3 Å². The van der Waals surface area contributed by atoms with E-state index in [9.17, 15) is 18.0 Å². The average molecular weight is 402 g/mol. The number of ether oxygens (including phenoxy) is 1. The quantitative estimate of drug-likeness (QED) is 0.800. The summed E-state index contributed by atoms with van der Waals surface area (Å²) in [5, 5.41) is 2.65. The summed E-state index contributed by atoms with van der Waals surface area (Å²) in [6, 6.07) is 15.3. The van der Waals surface area contributed by atoms with Crippen molar-refractivity contribution in [3.8, 4) is 5.75 Å². The van der Waals surface area contributed by atoms with E-state index in [0.717, 1.165) is 0 Å². The van der Waals surface area contributed by atoms with E-state index < -0.39 is 15.9 Å². The third-order valence-electron chi connectivity index (χ3n) is 4.41. The van der Waals surface area contributed by atoms with E-state index in [4.69, 9.17) is 4.74 Å². The van der Waals surface area contributed by atoms with Crippen LogP contribution in [0.5, 0.6) is 5.75 Å². The highest BCUT2D eigenvalue weighted by atomic mass is 32.2. The van der Waals surface area contributed by atoms with Crippen LogP contribution in [0, 0.1) is 0 Å². The number of carbonyl (C=O) groups is 2. The second-order valence-corrected chi connectivity index (χ2v) is 8.88. The molecule has 1 aliphatic rings. The summed E-state index contributed by atoms with van der Waals surface area (Å²) in [7, 11) is -3.13. The van der Waals surface area contributed by atoms with Crippen LogP contribution in [0.2, 0.25) is 0 Å². The molecule has 1 saturated heterocycles. The van der Waals surface area contributed by atoms with Crippen LogP contribution < -0.4 is 15.0 Å². The smallest absolute Gasteiger partial charge is 0.265 e. The molecule has 0 radical (unpaired) electrons. The molecule has 1 N–H and O–H groups in total. The molecule has 1 fully saturated rings. The number of sulfone groups is 1. The SMILES string of the molecule is CC(=O)Nc1ccc(OCC(=O)N(c2ccccc2)C2CCS(=O)(=O)C2)cc1. The Labute approximate surface area is 164 Å². The van der Waals surface area contributed by atoms with Crippen molar-refractivity contribution in [3.05, 3.63) is 54.6 Å². The zero-order chi connectivity index (χ0) is 20.1. The summed E-state index contributed by atoms with van der Waals surface area (Å²) in [4.78, 5) is 25.5. The summed E-state index contributed by atoms with van der Waals surface area (Å²) >= 11 is 0. The molecule has 0 bridgehead atoms. The van der Waals surface area contributed by atoms with Gasteiger partial charge in [0.25, 0.3) is 5.91 Å². The number of rotatable bonds is 6. The number of nitrogens with one attached hydrogen (secondary N) is 1. The van der Waals surface area contributed by atoms with Gasteiger partial charge in [0, 0.05) is 18.3 Å². The van der Waals surface area contributed by atoms with Crippen LogP contribution >= 0.6 is 0 Å². The topological polar surface area (TPSA) is 92.8 Å². The summed E-state index contributed by atoms with van der Waals surface area (Å²) < 4.78 is 29.4. The number of amides is 2. The van der Waals surface area contributed by atoms with Crippen LogP contribution in [0.3, 0.4) is 0 Å². The van der Waals surface area contributed by atoms with Crippen molar-refractivity contribution in [2.24, 2.45) is 0 Å². The highest BCUT2D eigenvalue weighted by Gasteiger charge is 2.35. The van der Waals surface area contributed by atoms with Gasteiger partial charge in [-0.05, 0) is 42.8 Å². The van der Waals surface area contributed by atoms with Crippen molar-refractivity contribution < 1.29 is 22.7 Å². The Morgan fingerprint density at radius 2 is 1.79 bits per heavy atom.